The molecule has 168 valence electrons. The SMILES string of the molecule is C=CCn1c(=NC(=O)C2CCCN2S(=O)(=O)c2ccc(C)cc2)sc2cc(CC)ccc21. The zero-order chi connectivity index (χ0) is 22.9. The van der Waals surface area contributed by atoms with E-state index in [1.807, 2.05) is 17.6 Å². The van der Waals surface area contributed by atoms with Gasteiger partial charge in [-0.3, -0.25) is 4.79 Å². The molecular weight excluding hydrogens is 442 g/mol. The summed E-state index contributed by atoms with van der Waals surface area (Å²) in [6.07, 6.45) is 3.80. The van der Waals surface area contributed by atoms with Crippen molar-refractivity contribution in [2.45, 2.75) is 50.6 Å². The third-order valence-electron chi connectivity index (χ3n) is 5.79. The molecule has 1 aromatic heterocycles. The van der Waals surface area contributed by atoms with Crippen molar-refractivity contribution < 1.29 is 13.2 Å². The molecule has 0 radical (unpaired) electrons. The van der Waals surface area contributed by atoms with E-state index < -0.39 is 22.0 Å². The number of aromatic nitrogens is 1. The van der Waals surface area contributed by atoms with E-state index in [1.54, 1.807) is 30.3 Å². The molecule has 0 aliphatic carbocycles. The van der Waals surface area contributed by atoms with Crippen LogP contribution in [0.5, 0.6) is 0 Å². The van der Waals surface area contributed by atoms with Crippen LogP contribution in [0, 0.1) is 6.92 Å². The Hall–Kier alpha value is -2.55. The van der Waals surface area contributed by atoms with E-state index in [4.69, 9.17) is 0 Å². The summed E-state index contributed by atoms with van der Waals surface area (Å²) in [5.41, 5.74) is 3.19. The Bertz CT molecular complexity index is 1340. The number of benzene rings is 2. The number of rotatable bonds is 6. The topological polar surface area (TPSA) is 71.7 Å². The lowest BCUT2D eigenvalue weighted by Crippen LogP contribution is -2.40. The van der Waals surface area contributed by atoms with Gasteiger partial charge in [0.05, 0.1) is 15.1 Å². The first-order valence-corrected chi connectivity index (χ1v) is 13.0. The van der Waals surface area contributed by atoms with Gasteiger partial charge < -0.3 is 4.57 Å². The molecule has 1 atom stereocenters. The second kappa shape index (κ2) is 9.13. The number of aryl methyl sites for hydroxylation is 2. The Morgan fingerprint density at radius 1 is 1.25 bits per heavy atom. The first-order valence-electron chi connectivity index (χ1n) is 10.8. The molecule has 0 spiro atoms. The Morgan fingerprint density at radius 3 is 2.69 bits per heavy atom. The van der Waals surface area contributed by atoms with E-state index in [9.17, 15) is 13.2 Å². The van der Waals surface area contributed by atoms with Crippen LogP contribution in [0.15, 0.2) is 65.0 Å². The summed E-state index contributed by atoms with van der Waals surface area (Å²) in [6.45, 7) is 8.68. The number of sulfonamides is 1. The number of thiazole rings is 1. The van der Waals surface area contributed by atoms with Crippen molar-refractivity contribution in [1.82, 2.24) is 8.87 Å². The van der Waals surface area contributed by atoms with Crippen molar-refractivity contribution in [3.63, 3.8) is 0 Å². The summed E-state index contributed by atoms with van der Waals surface area (Å²) >= 11 is 1.45. The van der Waals surface area contributed by atoms with Gasteiger partial charge in [-0.1, -0.05) is 48.1 Å². The van der Waals surface area contributed by atoms with Crippen LogP contribution in [0.25, 0.3) is 10.2 Å². The lowest BCUT2D eigenvalue weighted by atomic mass is 10.2. The Kier molecular flexibility index (Phi) is 6.46. The molecule has 3 aromatic rings. The highest BCUT2D eigenvalue weighted by molar-refractivity contribution is 7.89. The van der Waals surface area contributed by atoms with Crippen LogP contribution >= 0.6 is 11.3 Å². The van der Waals surface area contributed by atoms with E-state index in [0.29, 0.717) is 30.7 Å². The number of allylic oxidation sites excluding steroid dienone is 1. The number of hydrogen-bond acceptors (Lipinski definition) is 4. The summed E-state index contributed by atoms with van der Waals surface area (Å²) in [6, 6.07) is 12.2. The normalized spacial score (nSPS) is 17.8. The minimum Gasteiger partial charge on any atom is -0.313 e. The quantitative estimate of drug-likeness (QED) is 0.512. The van der Waals surface area contributed by atoms with Crippen LogP contribution < -0.4 is 4.80 Å². The number of carbonyl (C=O) groups excluding carboxylic acids is 1. The highest BCUT2D eigenvalue weighted by atomic mass is 32.2. The molecule has 32 heavy (non-hydrogen) atoms. The van der Waals surface area contributed by atoms with Crippen molar-refractivity contribution in [2.75, 3.05) is 6.54 Å². The Balaban J connectivity index is 1.72. The van der Waals surface area contributed by atoms with E-state index >= 15 is 0 Å². The highest BCUT2D eigenvalue weighted by Crippen LogP contribution is 2.27. The minimum absolute atomic E-state index is 0.207. The molecule has 1 saturated heterocycles. The summed E-state index contributed by atoms with van der Waals surface area (Å²) in [4.78, 5) is 18.4. The van der Waals surface area contributed by atoms with Crippen LogP contribution in [-0.4, -0.2) is 35.8 Å². The molecule has 4 rings (SSSR count). The lowest BCUT2D eigenvalue weighted by molar-refractivity contribution is -0.121. The van der Waals surface area contributed by atoms with E-state index in [0.717, 1.165) is 22.2 Å². The van der Waals surface area contributed by atoms with E-state index in [-0.39, 0.29) is 4.90 Å². The van der Waals surface area contributed by atoms with Gasteiger partial charge in [-0.25, -0.2) is 8.42 Å². The lowest BCUT2D eigenvalue weighted by Gasteiger charge is -2.21. The minimum atomic E-state index is -3.76. The van der Waals surface area contributed by atoms with Gasteiger partial charge in [0.1, 0.15) is 6.04 Å². The van der Waals surface area contributed by atoms with Gasteiger partial charge in [0, 0.05) is 13.1 Å². The molecule has 6 nitrogen and oxygen atoms in total. The average Bonchev–Trinajstić information content (AvgIpc) is 3.40. The summed E-state index contributed by atoms with van der Waals surface area (Å²) < 4.78 is 30.7. The van der Waals surface area contributed by atoms with Crippen molar-refractivity contribution >= 4 is 37.5 Å². The fourth-order valence-electron chi connectivity index (χ4n) is 4.02. The zero-order valence-corrected chi connectivity index (χ0v) is 20.0. The second-order valence-corrected chi connectivity index (χ2v) is 10.9. The van der Waals surface area contributed by atoms with Crippen molar-refractivity contribution in [3.8, 4) is 0 Å². The van der Waals surface area contributed by atoms with E-state index in [1.165, 1.54) is 21.2 Å². The standard InChI is InChI=1S/C24H27N3O3S2/c1-4-14-26-20-13-10-18(5-2)16-22(20)31-24(26)25-23(28)21-7-6-15-27(21)32(29,30)19-11-8-17(3)9-12-19/h4,8-13,16,21H,1,5-7,14-15H2,2-3H3. The number of carbonyl (C=O) groups is 1. The van der Waals surface area contributed by atoms with Gasteiger partial charge in [-0.15, -0.1) is 6.58 Å². The molecule has 1 aliphatic rings. The second-order valence-electron chi connectivity index (χ2n) is 7.98. The Labute approximate surface area is 192 Å². The van der Waals surface area contributed by atoms with Gasteiger partial charge in [-0.05, 0) is 56.0 Å². The molecule has 2 heterocycles. The molecule has 0 N–H and O–H groups in total. The Morgan fingerprint density at radius 2 is 2.00 bits per heavy atom. The molecule has 0 saturated carbocycles. The fraction of sp³-hybridized carbons (Fsp3) is 0.333. The van der Waals surface area contributed by atoms with Crippen LogP contribution in [0.2, 0.25) is 0 Å². The molecule has 0 bridgehead atoms. The predicted molar refractivity (Wildman–Crippen MR) is 128 cm³/mol. The van der Waals surface area contributed by atoms with Gasteiger partial charge in [-0.2, -0.15) is 9.30 Å². The maximum absolute atomic E-state index is 13.2. The smallest absolute Gasteiger partial charge is 0.266 e. The molecule has 1 unspecified atom stereocenters. The van der Waals surface area contributed by atoms with Crippen molar-refractivity contribution in [2.24, 2.45) is 4.99 Å². The maximum Gasteiger partial charge on any atom is 0.266 e. The first kappa shape index (κ1) is 22.6. The van der Waals surface area contributed by atoms with Gasteiger partial charge in [0.25, 0.3) is 5.91 Å². The van der Waals surface area contributed by atoms with Crippen LogP contribution in [0.3, 0.4) is 0 Å². The van der Waals surface area contributed by atoms with Gasteiger partial charge in [0.2, 0.25) is 10.0 Å². The number of fused-ring (bicyclic) bond motifs is 1. The number of hydrogen-bond donors (Lipinski definition) is 0. The number of nitrogens with zero attached hydrogens (tertiary/aromatic N) is 3. The number of amides is 1. The summed E-state index contributed by atoms with van der Waals surface area (Å²) in [7, 11) is -3.76. The van der Waals surface area contributed by atoms with Crippen molar-refractivity contribution in [1.29, 1.82) is 0 Å². The fourth-order valence-corrected chi connectivity index (χ4v) is 6.78. The summed E-state index contributed by atoms with van der Waals surface area (Å²) in [5, 5.41) is 0. The molecule has 1 fully saturated rings. The van der Waals surface area contributed by atoms with Gasteiger partial charge >= 0.3 is 0 Å². The first-order chi connectivity index (χ1) is 15.3. The monoisotopic (exact) mass is 469 g/mol. The van der Waals surface area contributed by atoms with Crippen molar-refractivity contribution in [3.05, 3.63) is 71.0 Å². The highest BCUT2D eigenvalue weighted by Gasteiger charge is 2.39. The molecule has 8 heteroatoms. The molecule has 1 amide bonds. The third kappa shape index (κ3) is 4.22. The van der Waals surface area contributed by atoms with Crippen LogP contribution in [0.1, 0.15) is 30.9 Å². The molecule has 1 aliphatic heterocycles. The largest absolute Gasteiger partial charge is 0.313 e. The van der Waals surface area contributed by atoms with Crippen LogP contribution in [0.4, 0.5) is 0 Å². The van der Waals surface area contributed by atoms with E-state index in [2.05, 4.69) is 30.6 Å². The molecule has 2 aromatic carbocycles. The maximum atomic E-state index is 13.2. The zero-order valence-electron chi connectivity index (χ0n) is 18.3. The van der Waals surface area contributed by atoms with Crippen LogP contribution in [-0.2, 0) is 27.8 Å². The summed E-state index contributed by atoms with van der Waals surface area (Å²) in [5.74, 6) is -0.418. The predicted octanol–water partition coefficient (Wildman–Crippen LogP) is 4.04. The van der Waals surface area contributed by atoms with Gasteiger partial charge in [0.15, 0.2) is 4.80 Å². The third-order valence-corrected chi connectivity index (χ3v) is 8.75. The molecular formula is C24H27N3O3S2. The average molecular weight is 470 g/mol.